The van der Waals surface area contributed by atoms with Gasteiger partial charge >= 0.3 is 0 Å². The zero-order valence-electron chi connectivity index (χ0n) is 11.0. The second kappa shape index (κ2) is 6.19. The predicted octanol–water partition coefficient (Wildman–Crippen LogP) is 2.94. The van der Waals surface area contributed by atoms with Crippen LogP contribution in [0.15, 0.2) is 36.5 Å². The fourth-order valence-electron chi connectivity index (χ4n) is 1.65. The third-order valence-corrected chi connectivity index (χ3v) is 2.97. The number of carbonyl (C=O) groups is 1. The van der Waals surface area contributed by atoms with Gasteiger partial charge in [0, 0.05) is 31.1 Å². The lowest BCUT2D eigenvalue weighted by Gasteiger charge is -2.08. The second-order valence-corrected chi connectivity index (χ2v) is 4.47. The van der Waals surface area contributed by atoms with Gasteiger partial charge in [-0.25, -0.2) is 4.98 Å². The summed E-state index contributed by atoms with van der Waals surface area (Å²) in [7, 11) is 1.67. The first-order chi connectivity index (χ1) is 10.0. The Morgan fingerprint density at radius 1 is 1.38 bits per heavy atom. The van der Waals surface area contributed by atoms with Crippen LogP contribution < -0.4 is 10.6 Å². The van der Waals surface area contributed by atoms with E-state index in [-0.39, 0.29) is 16.3 Å². The van der Waals surface area contributed by atoms with Gasteiger partial charge < -0.3 is 10.6 Å². The van der Waals surface area contributed by atoms with Crippen LogP contribution in [0.25, 0.3) is 0 Å². The maximum atomic E-state index is 12.2. The van der Waals surface area contributed by atoms with E-state index in [4.69, 9.17) is 11.6 Å². The first-order valence-electron chi connectivity index (χ1n) is 5.90. The van der Waals surface area contributed by atoms with Crippen LogP contribution in [-0.2, 0) is 0 Å². The highest BCUT2D eigenvalue weighted by Crippen LogP contribution is 2.21. The van der Waals surface area contributed by atoms with Gasteiger partial charge in [0.15, 0.2) is 0 Å². The Morgan fingerprint density at radius 3 is 2.81 bits per heavy atom. The van der Waals surface area contributed by atoms with Crippen molar-refractivity contribution in [1.29, 1.82) is 0 Å². The minimum atomic E-state index is -0.534. The van der Waals surface area contributed by atoms with Gasteiger partial charge in [0.25, 0.3) is 11.6 Å². The van der Waals surface area contributed by atoms with Crippen molar-refractivity contribution in [2.45, 2.75) is 0 Å². The van der Waals surface area contributed by atoms with E-state index in [9.17, 15) is 14.9 Å². The molecule has 2 rings (SSSR count). The Labute approximate surface area is 125 Å². The van der Waals surface area contributed by atoms with E-state index in [0.29, 0.717) is 11.5 Å². The van der Waals surface area contributed by atoms with E-state index in [1.54, 1.807) is 13.1 Å². The third-order valence-electron chi connectivity index (χ3n) is 2.67. The first-order valence-corrected chi connectivity index (χ1v) is 6.28. The van der Waals surface area contributed by atoms with Crippen molar-refractivity contribution in [2.75, 3.05) is 17.7 Å². The number of nitro benzene ring substituents is 1. The number of amides is 1. The number of halogens is 1. The standard InChI is InChI=1S/C13H11ClN4O3/c1-15-12-6-10(11(14)7-16-12)13(19)17-8-3-2-4-9(5-8)18(20)21/h2-7H,1H3,(H,15,16)(H,17,19). The summed E-state index contributed by atoms with van der Waals surface area (Å²) in [4.78, 5) is 26.3. The summed E-state index contributed by atoms with van der Waals surface area (Å²) in [6.45, 7) is 0. The number of nitro groups is 1. The monoisotopic (exact) mass is 306 g/mol. The molecule has 0 atom stereocenters. The Balaban J connectivity index is 2.25. The molecule has 0 unspecified atom stereocenters. The molecule has 0 aliphatic rings. The smallest absolute Gasteiger partial charge is 0.271 e. The summed E-state index contributed by atoms with van der Waals surface area (Å²) < 4.78 is 0. The molecule has 0 saturated heterocycles. The molecule has 2 N–H and O–H groups in total. The lowest BCUT2D eigenvalue weighted by molar-refractivity contribution is -0.384. The number of rotatable bonds is 4. The Bertz CT molecular complexity index is 706. The maximum Gasteiger partial charge on any atom is 0.271 e. The summed E-state index contributed by atoms with van der Waals surface area (Å²) in [5.74, 6) is 0.0167. The molecule has 8 heteroatoms. The molecule has 0 fully saturated rings. The van der Waals surface area contributed by atoms with E-state index in [1.165, 1.54) is 30.5 Å². The zero-order chi connectivity index (χ0) is 15.4. The van der Waals surface area contributed by atoms with Crippen LogP contribution in [0.4, 0.5) is 17.2 Å². The van der Waals surface area contributed by atoms with E-state index >= 15 is 0 Å². The van der Waals surface area contributed by atoms with Crippen molar-refractivity contribution in [3.63, 3.8) is 0 Å². The van der Waals surface area contributed by atoms with E-state index in [0.717, 1.165) is 0 Å². The van der Waals surface area contributed by atoms with Crippen LogP contribution in [0.5, 0.6) is 0 Å². The quantitative estimate of drug-likeness (QED) is 0.668. The molecular weight excluding hydrogens is 296 g/mol. The zero-order valence-corrected chi connectivity index (χ0v) is 11.7. The van der Waals surface area contributed by atoms with E-state index < -0.39 is 10.8 Å². The summed E-state index contributed by atoms with van der Waals surface area (Å²) in [6, 6.07) is 7.15. The number of nitrogens with zero attached hydrogens (tertiary/aromatic N) is 2. The third kappa shape index (κ3) is 3.46. The molecule has 1 amide bonds. The van der Waals surface area contributed by atoms with Crippen LogP contribution in [0.2, 0.25) is 5.02 Å². The van der Waals surface area contributed by atoms with Gasteiger partial charge in [-0.3, -0.25) is 14.9 Å². The predicted molar refractivity (Wildman–Crippen MR) is 79.8 cm³/mol. The van der Waals surface area contributed by atoms with Gasteiger partial charge in [0.2, 0.25) is 0 Å². The van der Waals surface area contributed by atoms with Gasteiger partial charge in [0.05, 0.1) is 15.5 Å². The van der Waals surface area contributed by atoms with Crippen LogP contribution in [-0.4, -0.2) is 22.9 Å². The van der Waals surface area contributed by atoms with Gasteiger partial charge in [-0.2, -0.15) is 0 Å². The van der Waals surface area contributed by atoms with Crippen molar-refractivity contribution in [3.8, 4) is 0 Å². The average molecular weight is 307 g/mol. The largest absolute Gasteiger partial charge is 0.373 e. The Morgan fingerprint density at radius 2 is 2.14 bits per heavy atom. The van der Waals surface area contributed by atoms with E-state index in [1.807, 2.05) is 0 Å². The molecule has 1 aromatic carbocycles. The molecule has 0 bridgehead atoms. The van der Waals surface area contributed by atoms with Gasteiger partial charge in [-0.15, -0.1) is 0 Å². The number of hydrogen-bond donors (Lipinski definition) is 2. The van der Waals surface area contributed by atoms with Crippen molar-refractivity contribution in [1.82, 2.24) is 4.98 Å². The molecule has 0 saturated carbocycles. The number of nitrogens with one attached hydrogen (secondary N) is 2. The van der Waals surface area contributed by atoms with Crippen molar-refractivity contribution in [3.05, 3.63) is 57.2 Å². The summed E-state index contributed by atoms with van der Waals surface area (Å²) in [5, 5.41) is 16.3. The molecule has 1 heterocycles. The van der Waals surface area contributed by atoms with Crippen molar-refractivity contribution >= 4 is 34.7 Å². The molecule has 0 aliphatic heterocycles. The molecule has 108 valence electrons. The number of benzene rings is 1. The number of hydrogen-bond acceptors (Lipinski definition) is 5. The second-order valence-electron chi connectivity index (χ2n) is 4.06. The fraction of sp³-hybridized carbons (Fsp3) is 0.0769. The SMILES string of the molecule is CNc1cc(C(=O)Nc2cccc([N+](=O)[O-])c2)c(Cl)cn1. The summed E-state index contributed by atoms with van der Waals surface area (Å²) in [5.41, 5.74) is 0.431. The molecular formula is C13H11ClN4O3. The average Bonchev–Trinajstić information content (AvgIpc) is 2.48. The molecule has 0 aliphatic carbocycles. The van der Waals surface area contributed by atoms with Gasteiger partial charge in [0.1, 0.15) is 5.82 Å². The van der Waals surface area contributed by atoms with Crippen LogP contribution in [0.3, 0.4) is 0 Å². The fourth-order valence-corrected chi connectivity index (χ4v) is 1.83. The van der Waals surface area contributed by atoms with Crippen LogP contribution in [0.1, 0.15) is 10.4 Å². The summed E-state index contributed by atoms with van der Waals surface area (Å²) in [6.07, 6.45) is 1.36. The highest BCUT2D eigenvalue weighted by molar-refractivity contribution is 6.34. The number of aromatic nitrogens is 1. The Kier molecular flexibility index (Phi) is 4.34. The highest BCUT2D eigenvalue weighted by Gasteiger charge is 2.13. The Hall–Kier alpha value is -2.67. The van der Waals surface area contributed by atoms with Crippen molar-refractivity contribution in [2.24, 2.45) is 0 Å². The lowest BCUT2D eigenvalue weighted by Crippen LogP contribution is -2.13. The van der Waals surface area contributed by atoms with Gasteiger partial charge in [-0.05, 0) is 12.1 Å². The minimum Gasteiger partial charge on any atom is -0.373 e. The minimum absolute atomic E-state index is 0.107. The molecule has 21 heavy (non-hydrogen) atoms. The van der Waals surface area contributed by atoms with Crippen molar-refractivity contribution < 1.29 is 9.72 Å². The van der Waals surface area contributed by atoms with Crippen LogP contribution >= 0.6 is 11.6 Å². The maximum absolute atomic E-state index is 12.2. The summed E-state index contributed by atoms with van der Waals surface area (Å²) >= 11 is 5.94. The normalized spacial score (nSPS) is 10.0. The molecule has 0 spiro atoms. The number of non-ortho nitro benzene ring substituents is 1. The first kappa shape index (κ1) is 14.7. The molecule has 7 nitrogen and oxygen atoms in total. The van der Waals surface area contributed by atoms with Crippen LogP contribution in [0, 0.1) is 10.1 Å². The number of carbonyl (C=O) groups excluding carboxylic acids is 1. The molecule has 1 aromatic heterocycles. The van der Waals surface area contributed by atoms with E-state index in [2.05, 4.69) is 15.6 Å². The lowest BCUT2D eigenvalue weighted by atomic mass is 10.2. The molecule has 2 aromatic rings. The molecule has 0 radical (unpaired) electrons. The van der Waals surface area contributed by atoms with Gasteiger partial charge in [-0.1, -0.05) is 17.7 Å². The topological polar surface area (TPSA) is 97.2 Å². The highest BCUT2D eigenvalue weighted by atomic mass is 35.5. The number of anilines is 2. The number of pyridine rings is 1.